The molecule has 2 atom stereocenters. The zero-order valence-corrected chi connectivity index (χ0v) is 10.1. The first kappa shape index (κ1) is 10.6. The molecule has 1 aliphatic carbocycles. The van der Waals surface area contributed by atoms with Gasteiger partial charge in [0.1, 0.15) is 5.75 Å². The van der Waals surface area contributed by atoms with Crippen LogP contribution in [0.25, 0.3) is 0 Å². The predicted molar refractivity (Wildman–Crippen MR) is 63.3 cm³/mol. The minimum absolute atomic E-state index is 0.135. The Morgan fingerprint density at radius 3 is 2.88 bits per heavy atom. The summed E-state index contributed by atoms with van der Waals surface area (Å²) in [4.78, 5) is 11.2. The number of aliphatic carboxylic acids is 1. The molecule has 0 radical (unpaired) electrons. The van der Waals surface area contributed by atoms with Crippen molar-refractivity contribution in [2.24, 2.45) is 11.3 Å². The number of hydrogen-bond acceptors (Lipinski definition) is 2. The van der Waals surface area contributed by atoms with Crippen LogP contribution in [0.1, 0.15) is 30.9 Å². The topological polar surface area (TPSA) is 46.5 Å². The van der Waals surface area contributed by atoms with Crippen LogP contribution >= 0.6 is 0 Å². The molecule has 2 aliphatic rings. The highest BCUT2D eigenvalue weighted by atomic mass is 16.5. The van der Waals surface area contributed by atoms with E-state index in [1.54, 1.807) is 0 Å². The molecular weight excluding hydrogens is 216 g/mol. The van der Waals surface area contributed by atoms with Crippen LogP contribution in [-0.4, -0.2) is 17.7 Å². The first-order chi connectivity index (χ1) is 8.03. The van der Waals surface area contributed by atoms with Crippen molar-refractivity contribution in [1.29, 1.82) is 0 Å². The monoisotopic (exact) mass is 232 g/mol. The van der Waals surface area contributed by atoms with Crippen LogP contribution in [0, 0.1) is 11.3 Å². The summed E-state index contributed by atoms with van der Waals surface area (Å²) in [5, 5.41) is 9.24. The minimum atomic E-state index is -0.684. The normalized spacial score (nSPS) is 28.4. The lowest BCUT2D eigenvalue weighted by Crippen LogP contribution is -2.03. The maximum Gasteiger partial charge on any atom is 0.307 e. The van der Waals surface area contributed by atoms with Gasteiger partial charge in [-0.2, -0.15) is 0 Å². The third-order valence-electron chi connectivity index (χ3n) is 4.21. The summed E-state index contributed by atoms with van der Waals surface area (Å²) in [6.07, 6.45) is 0.907. The van der Waals surface area contributed by atoms with Gasteiger partial charge in [0.05, 0.1) is 12.5 Å². The number of carboxylic acid groups (broad SMARTS) is 1. The molecule has 3 rings (SSSR count). The summed E-state index contributed by atoms with van der Waals surface area (Å²) in [6.45, 7) is 4.79. The van der Waals surface area contributed by atoms with Gasteiger partial charge in [-0.3, -0.25) is 4.79 Å². The second-order valence-corrected chi connectivity index (χ2v) is 5.54. The van der Waals surface area contributed by atoms with Gasteiger partial charge in [-0.15, -0.1) is 0 Å². The third-order valence-corrected chi connectivity index (χ3v) is 4.21. The van der Waals surface area contributed by atoms with Gasteiger partial charge in [0.15, 0.2) is 0 Å². The average molecular weight is 232 g/mol. The quantitative estimate of drug-likeness (QED) is 0.852. The number of ether oxygens (including phenoxy) is 1. The van der Waals surface area contributed by atoms with Crippen molar-refractivity contribution in [3.63, 3.8) is 0 Å². The van der Waals surface area contributed by atoms with Crippen molar-refractivity contribution in [1.82, 2.24) is 0 Å². The molecule has 1 heterocycles. The molecule has 0 saturated heterocycles. The van der Waals surface area contributed by atoms with Gasteiger partial charge in [-0.1, -0.05) is 26.0 Å². The molecule has 0 spiro atoms. The van der Waals surface area contributed by atoms with Gasteiger partial charge in [0.25, 0.3) is 0 Å². The van der Waals surface area contributed by atoms with E-state index in [2.05, 4.69) is 6.07 Å². The molecule has 0 bridgehead atoms. The molecule has 3 heteroatoms. The first-order valence-electron chi connectivity index (χ1n) is 6.01. The van der Waals surface area contributed by atoms with Crippen molar-refractivity contribution >= 4 is 5.97 Å². The Labute approximate surface area is 100 Å². The molecule has 90 valence electrons. The Morgan fingerprint density at radius 2 is 2.24 bits per heavy atom. The van der Waals surface area contributed by atoms with Gasteiger partial charge in [-0.05, 0) is 17.0 Å². The van der Waals surface area contributed by atoms with Crippen LogP contribution in [0.2, 0.25) is 0 Å². The zero-order chi connectivity index (χ0) is 12.2. The number of fused-ring (bicyclic) bond motifs is 1. The second-order valence-electron chi connectivity index (χ2n) is 5.54. The summed E-state index contributed by atoms with van der Waals surface area (Å²) < 4.78 is 5.53. The molecule has 1 fully saturated rings. The number of carbonyl (C=O) groups is 1. The number of hydrogen-bond donors (Lipinski definition) is 1. The van der Waals surface area contributed by atoms with Crippen LogP contribution in [0.3, 0.4) is 0 Å². The fourth-order valence-electron chi connectivity index (χ4n) is 3.22. The van der Waals surface area contributed by atoms with Crippen molar-refractivity contribution in [3.05, 3.63) is 29.3 Å². The van der Waals surface area contributed by atoms with Crippen LogP contribution in [0.5, 0.6) is 5.75 Å². The zero-order valence-electron chi connectivity index (χ0n) is 10.1. The number of carboxylic acids is 1. The third kappa shape index (κ3) is 1.38. The Bertz CT molecular complexity index is 490. The number of benzene rings is 1. The van der Waals surface area contributed by atoms with Crippen LogP contribution in [0.15, 0.2) is 18.2 Å². The van der Waals surface area contributed by atoms with E-state index in [0.717, 1.165) is 18.8 Å². The van der Waals surface area contributed by atoms with Crippen molar-refractivity contribution < 1.29 is 14.6 Å². The van der Waals surface area contributed by atoms with Gasteiger partial charge >= 0.3 is 5.97 Å². The van der Waals surface area contributed by atoms with E-state index in [-0.39, 0.29) is 17.3 Å². The van der Waals surface area contributed by atoms with E-state index in [1.807, 2.05) is 26.0 Å². The molecule has 0 aromatic heterocycles. The van der Waals surface area contributed by atoms with Gasteiger partial charge < -0.3 is 9.84 Å². The van der Waals surface area contributed by atoms with E-state index >= 15 is 0 Å². The first-order valence-corrected chi connectivity index (χ1v) is 6.01. The van der Waals surface area contributed by atoms with Crippen molar-refractivity contribution in [2.75, 3.05) is 6.61 Å². The average Bonchev–Trinajstić information content (AvgIpc) is 2.65. The Balaban J connectivity index is 2.02. The molecule has 0 amide bonds. The molecule has 1 aromatic carbocycles. The van der Waals surface area contributed by atoms with Gasteiger partial charge in [-0.25, -0.2) is 0 Å². The van der Waals surface area contributed by atoms with Crippen LogP contribution in [-0.2, 0) is 11.2 Å². The smallest absolute Gasteiger partial charge is 0.307 e. The molecule has 1 aliphatic heterocycles. The number of rotatable bonds is 2. The fraction of sp³-hybridized carbons (Fsp3) is 0.500. The summed E-state index contributed by atoms with van der Waals surface area (Å²) in [7, 11) is 0. The molecule has 1 saturated carbocycles. The molecule has 17 heavy (non-hydrogen) atoms. The fourth-order valence-corrected chi connectivity index (χ4v) is 3.22. The highest BCUT2D eigenvalue weighted by Crippen LogP contribution is 2.65. The van der Waals surface area contributed by atoms with Crippen LogP contribution in [0.4, 0.5) is 0 Å². The van der Waals surface area contributed by atoms with E-state index in [0.29, 0.717) is 0 Å². The largest absolute Gasteiger partial charge is 0.493 e. The van der Waals surface area contributed by atoms with Gasteiger partial charge in [0, 0.05) is 17.9 Å². The van der Waals surface area contributed by atoms with E-state index in [9.17, 15) is 9.90 Å². The summed E-state index contributed by atoms with van der Waals surface area (Å²) in [5.74, 6) is 0.136. The second kappa shape index (κ2) is 3.25. The highest BCUT2D eigenvalue weighted by molar-refractivity contribution is 5.78. The lowest BCUT2D eigenvalue weighted by Gasteiger charge is -2.07. The maximum absolute atomic E-state index is 11.2. The molecule has 1 unspecified atom stereocenters. The molecule has 1 aromatic rings. The molecular formula is C14H16O3. The molecule has 1 N–H and O–H groups in total. The lowest BCUT2D eigenvalue weighted by atomic mass is 9.96. The summed E-state index contributed by atoms with van der Waals surface area (Å²) in [6, 6.07) is 5.99. The lowest BCUT2D eigenvalue weighted by molar-refractivity contribution is -0.139. The van der Waals surface area contributed by atoms with Crippen LogP contribution < -0.4 is 4.74 Å². The minimum Gasteiger partial charge on any atom is -0.493 e. The molecule has 3 nitrogen and oxygen atoms in total. The summed E-state index contributed by atoms with van der Waals surface area (Å²) >= 11 is 0. The van der Waals surface area contributed by atoms with E-state index < -0.39 is 5.97 Å². The van der Waals surface area contributed by atoms with Crippen molar-refractivity contribution in [2.45, 2.75) is 26.2 Å². The standard InChI is InChI=1S/C14H16O3/c1-14(2)11(12(14)13(15)16)9-4-3-5-10-8(9)6-7-17-10/h3-5,11-12H,6-7H2,1-2H3,(H,15,16)/t11-,12?/m1/s1. The Hall–Kier alpha value is -1.51. The van der Waals surface area contributed by atoms with E-state index in [1.165, 1.54) is 11.1 Å². The van der Waals surface area contributed by atoms with Gasteiger partial charge in [0.2, 0.25) is 0 Å². The summed E-state index contributed by atoms with van der Waals surface area (Å²) in [5.41, 5.74) is 2.26. The predicted octanol–water partition coefficient (Wildman–Crippen LogP) is 2.45. The highest BCUT2D eigenvalue weighted by Gasteiger charge is 2.63. The Morgan fingerprint density at radius 1 is 1.47 bits per heavy atom. The maximum atomic E-state index is 11.2. The SMILES string of the molecule is CC1(C)C(C(=O)O)[C@H]1c1cccc2c1CCO2. The van der Waals surface area contributed by atoms with Crippen molar-refractivity contribution in [3.8, 4) is 5.75 Å². The Kier molecular flexibility index (Phi) is 2.03. The van der Waals surface area contributed by atoms with E-state index in [4.69, 9.17) is 4.74 Å².